The van der Waals surface area contributed by atoms with Gasteiger partial charge in [-0.05, 0) is 65.6 Å². The molecule has 0 atom stereocenters. The average Bonchev–Trinajstić information content (AvgIpc) is 3.26. The van der Waals surface area contributed by atoms with Gasteiger partial charge >= 0.3 is 16.1 Å². The van der Waals surface area contributed by atoms with Gasteiger partial charge in [0.2, 0.25) is 0 Å². The van der Waals surface area contributed by atoms with Crippen LogP contribution < -0.4 is 4.18 Å². The lowest BCUT2D eigenvalue weighted by atomic mass is 10.2. The van der Waals surface area contributed by atoms with Crippen LogP contribution in [0.4, 0.5) is 0 Å². The van der Waals surface area contributed by atoms with Crippen LogP contribution in [0.1, 0.15) is 27.0 Å². The zero-order chi connectivity index (χ0) is 23.3. The Hall–Kier alpha value is -3.17. The standard InChI is InChI=1S/C23H23NO6S2/c1-16-8-9-17(2)21(12-16)32(27,28)30-20-7-5-4-6-19(20)23(26)29-14-22(25)24(3)13-18-10-11-31-15-18/h4-12,15H,13-14H2,1-3H3. The van der Waals surface area contributed by atoms with Crippen LogP contribution in [0, 0.1) is 13.8 Å². The van der Waals surface area contributed by atoms with Crippen molar-refractivity contribution in [2.75, 3.05) is 13.7 Å². The highest BCUT2D eigenvalue weighted by atomic mass is 32.2. The summed E-state index contributed by atoms with van der Waals surface area (Å²) in [5.41, 5.74) is 2.17. The summed E-state index contributed by atoms with van der Waals surface area (Å²) in [7, 11) is -2.57. The van der Waals surface area contributed by atoms with Gasteiger partial charge in [-0.1, -0.05) is 24.3 Å². The molecular weight excluding hydrogens is 450 g/mol. The van der Waals surface area contributed by atoms with Crippen LogP contribution in [0.15, 0.2) is 64.2 Å². The molecule has 0 aliphatic heterocycles. The van der Waals surface area contributed by atoms with Crippen LogP contribution in [0.2, 0.25) is 0 Å². The number of para-hydroxylation sites is 1. The summed E-state index contributed by atoms with van der Waals surface area (Å²) in [6, 6.07) is 12.7. The number of ether oxygens (including phenoxy) is 1. The fraction of sp³-hybridized carbons (Fsp3) is 0.217. The third-order valence-electron chi connectivity index (χ3n) is 4.67. The molecule has 0 aliphatic carbocycles. The van der Waals surface area contributed by atoms with E-state index in [-0.39, 0.29) is 22.1 Å². The van der Waals surface area contributed by atoms with E-state index in [9.17, 15) is 18.0 Å². The Balaban J connectivity index is 1.71. The summed E-state index contributed by atoms with van der Waals surface area (Å²) in [5, 5.41) is 3.84. The molecule has 0 saturated heterocycles. The molecular formula is C23H23NO6S2. The highest BCUT2D eigenvalue weighted by Gasteiger charge is 2.24. The number of hydrogen-bond donors (Lipinski definition) is 0. The number of carbonyl (C=O) groups is 2. The summed E-state index contributed by atoms with van der Waals surface area (Å²) in [6.07, 6.45) is 0. The van der Waals surface area contributed by atoms with Crippen molar-refractivity contribution >= 4 is 33.3 Å². The lowest BCUT2D eigenvalue weighted by Crippen LogP contribution is -2.30. The van der Waals surface area contributed by atoms with Crippen molar-refractivity contribution in [3.8, 4) is 5.75 Å². The first-order valence-corrected chi connectivity index (χ1v) is 12.1. The van der Waals surface area contributed by atoms with Gasteiger partial charge in [0.1, 0.15) is 10.5 Å². The van der Waals surface area contributed by atoms with Crippen LogP contribution in [0.5, 0.6) is 5.75 Å². The minimum absolute atomic E-state index is 0.0194. The van der Waals surface area contributed by atoms with Gasteiger partial charge in [-0.2, -0.15) is 19.8 Å². The third kappa shape index (κ3) is 5.74. The van der Waals surface area contributed by atoms with Gasteiger partial charge < -0.3 is 13.8 Å². The number of benzene rings is 2. The zero-order valence-electron chi connectivity index (χ0n) is 17.9. The second-order valence-corrected chi connectivity index (χ2v) is 9.55. The second kappa shape index (κ2) is 9.97. The summed E-state index contributed by atoms with van der Waals surface area (Å²) in [5.74, 6) is -1.41. The Kier molecular flexibility index (Phi) is 7.32. The Morgan fingerprint density at radius 2 is 1.81 bits per heavy atom. The Morgan fingerprint density at radius 3 is 2.53 bits per heavy atom. The van der Waals surface area contributed by atoms with Crippen molar-refractivity contribution in [3.05, 3.63) is 81.5 Å². The number of thiophene rings is 1. The SMILES string of the molecule is Cc1ccc(C)c(S(=O)(=O)Oc2ccccc2C(=O)OCC(=O)N(C)Cc2ccsc2)c1. The third-order valence-corrected chi connectivity index (χ3v) is 6.78. The fourth-order valence-corrected chi connectivity index (χ4v) is 4.83. The molecule has 0 bridgehead atoms. The normalized spacial score (nSPS) is 11.1. The first kappa shape index (κ1) is 23.5. The van der Waals surface area contributed by atoms with Gasteiger partial charge in [0.25, 0.3) is 5.91 Å². The van der Waals surface area contributed by atoms with Gasteiger partial charge in [-0.25, -0.2) is 4.79 Å². The van der Waals surface area contributed by atoms with E-state index >= 15 is 0 Å². The molecule has 1 heterocycles. The molecule has 9 heteroatoms. The van der Waals surface area contributed by atoms with Crippen molar-refractivity contribution in [2.45, 2.75) is 25.3 Å². The predicted molar refractivity (Wildman–Crippen MR) is 121 cm³/mol. The zero-order valence-corrected chi connectivity index (χ0v) is 19.5. The minimum atomic E-state index is -4.18. The predicted octanol–water partition coefficient (Wildman–Crippen LogP) is 3.95. The summed E-state index contributed by atoms with van der Waals surface area (Å²) < 4.78 is 36.1. The number of rotatable bonds is 8. The number of carbonyl (C=O) groups excluding carboxylic acids is 2. The van der Waals surface area contributed by atoms with Gasteiger partial charge in [-0.3, -0.25) is 4.79 Å². The van der Waals surface area contributed by atoms with Gasteiger partial charge in [0.15, 0.2) is 12.4 Å². The average molecular weight is 474 g/mol. The molecule has 168 valence electrons. The molecule has 0 saturated carbocycles. The van der Waals surface area contributed by atoms with Crippen molar-refractivity contribution in [2.24, 2.45) is 0 Å². The first-order valence-electron chi connectivity index (χ1n) is 9.70. The molecule has 3 aromatic rings. The molecule has 0 radical (unpaired) electrons. The largest absolute Gasteiger partial charge is 0.452 e. The number of nitrogens with zero attached hydrogens (tertiary/aromatic N) is 1. The summed E-state index contributed by atoms with van der Waals surface area (Å²) in [6.45, 7) is 3.36. The molecule has 0 aliphatic rings. The molecule has 1 aromatic heterocycles. The van der Waals surface area contributed by atoms with Crippen molar-refractivity contribution in [3.63, 3.8) is 0 Å². The van der Waals surface area contributed by atoms with E-state index < -0.39 is 22.7 Å². The maximum atomic E-state index is 12.8. The molecule has 0 unspecified atom stereocenters. The smallest absolute Gasteiger partial charge is 0.342 e. The first-order chi connectivity index (χ1) is 15.2. The van der Waals surface area contributed by atoms with E-state index in [1.807, 2.05) is 16.8 Å². The molecule has 0 N–H and O–H groups in total. The van der Waals surface area contributed by atoms with E-state index in [0.29, 0.717) is 12.1 Å². The molecule has 0 spiro atoms. The number of esters is 1. The lowest BCUT2D eigenvalue weighted by Gasteiger charge is -2.17. The fourth-order valence-electron chi connectivity index (χ4n) is 2.91. The summed E-state index contributed by atoms with van der Waals surface area (Å²) >= 11 is 1.53. The maximum absolute atomic E-state index is 12.8. The van der Waals surface area contributed by atoms with Gasteiger partial charge in [-0.15, -0.1) is 0 Å². The molecule has 0 fully saturated rings. The van der Waals surface area contributed by atoms with Crippen LogP contribution in [-0.2, 0) is 26.2 Å². The molecule has 3 rings (SSSR count). The van der Waals surface area contributed by atoms with Gasteiger partial charge in [0.05, 0.1) is 0 Å². The second-order valence-electron chi connectivity index (χ2n) is 7.26. The quantitative estimate of drug-likeness (QED) is 0.364. The Labute approximate surface area is 191 Å². The van der Waals surface area contributed by atoms with E-state index in [4.69, 9.17) is 8.92 Å². The number of likely N-dealkylation sites (N-methyl/N-ethyl adjacent to an activating group) is 1. The van der Waals surface area contributed by atoms with Crippen molar-refractivity contribution < 1.29 is 26.9 Å². The number of aryl methyl sites for hydroxylation is 2. The number of hydrogen-bond acceptors (Lipinski definition) is 7. The van der Waals surface area contributed by atoms with E-state index in [0.717, 1.165) is 11.1 Å². The highest BCUT2D eigenvalue weighted by molar-refractivity contribution is 7.87. The molecule has 32 heavy (non-hydrogen) atoms. The van der Waals surface area contributed by atoms with Crippen LogP contribution >= 0.6 is 11.3 Å². The molecule has 1 amide bonds. The number of amides is 1. The Bertz CT molecular complexity index is 1220. The Morgan fingerprint density at radius 1 is 1.06 bits per heavy atom. The highest BCUT2D eigenvalue weighted by Crippen LogP contribution is 2.26. The lowest BCUT2D eigenvalue weighted by molar-refractivity contribution is -0.133. The van der Waals surface area contributed by atoms with E-state index in [1.54, 1.807) is 45.2 Å². The topological polar surface area (TPSA) is 90.0 Å². The maximum Gasteiger partial charge on any atom is 0.342 e. The van der Waals surface area contributed by atoms with Crippen LogP contribution in [0.3, 0.4) is 0 Å². The van der Waals surface area contributed by atoms with Crippen LogP contribution in [-0.4, -0.2) is 38.8 Å². The van der Waals surface area contributed by atoms with E-state index in [2.05, 4.69) is 0 Å². The van der Waals surface area contributed by atoms with Crippen molar-refractivity contribution in [1.82, 2.24) is 4.90 Å². The summed E-state index contributed by atoms with van der Waals surface area (Å²) in [4.78, 5) is 26.4. The molecule has 7 nitrogen and oxygen atoms in total. The molecule has 2 aromatic carbocycles. The van der Waals surface area contributed by atoms with Gasteiger partial charge in [0, 0.05) is 13.6 Å². The van der Waals surface area contributed by atoms with Crippen molar-refractivity contribution in [1.29, 1.82) is 0 Å². The van der Waals surface area contributed by atoms with E-state index in [1.165, 1.54) is 34.4 Å². The van der Waals surface area contributed by atoms with Crippen LogP contribution in [0.25, 0.3) is 0 Å². The monoisotopic (exact) mass is 473 g/mol. The minimum Gasteiger partial charge on any atom is -0.452 e.